The van der Waals surface area contributed by atoms with Crippen LogP contribution in [-0.4, -0.2) is 47.9 Å². The smallest absolute Gasteiger partial charge is 0.164 e. The quantitative estimate of drug-likeness (QED) is 0.834. The van der Waals surface area contributed by atoms with Crippen molar-refractivity contribution in [3.63, 3.8) is 0 Å². The summed E-state index contributed by atoms with van der Waals surface area (Å²) in [5.41, 5.74) is 0.820. The summed E-state index contributed by atoms with van der Waals surface area (Å²) in [5, 5.41) is 8.41. The van der Waals surface area contributed by atoms with Gasteiger partial charge in [-0.25, -0.2) is 8.42 Å². The Labute approximate surface area is 141 Å². The van der Waals surface area contributed by atoms with E-state index in [9.17, 15) is 8.42 Å². The Morgan fingerprint density at radius 1 is 1.17 bits per heavy atom. The summed E-state index contributed by atoms with van der Waals surface area (Å²) in [6, 6.07) is 5.56. The number of benzene rings is 1. The number of hydrogen-bond acceptors (Lipinski definition) is 6. The number of rotatable bonds is 4. The molecular formula is C16H21N3O4S. The van der Waals surface area contributed by atoms with Gasteiger partial charge in [0.25, 0.3) is 0 Å². The Morgan fingerprint density at radius 3 is 2.67 bits per heavy atom. The second-order valence-corrected chi connectivity index (χ2v) is 8.33. The Balaban J connectivity index is 1.98. The highest BCUT2D eigenvalue weighted by Crippen LogP contribution is 2.33. The lowest BCUT2D eigenvalue weighted by molar-refractivity contribution is 0.230. The zero-order valence-corrected chi connectivity index (χ0v) is 14.8. The molecule has 0 atom stereocenters. The molecular weight excluding hydrogens is 330 g/mol. The summed E-state index contributed by atoms with van der Waals surface area (Å²) in [6.45, 7) is 4.27. The zero-order valence-electron chi connectivity index (χ0n) is 14.0. The first-order valence-corrected chi connectivity index (χ1v) is 9.69. The van der Waals surface area contributed by atoms with E-state index in [1.54, 1.807) is 7.11 Å². The maximum atomic E-state index is 11.8. The zero-order chi connectivity index (χ0) is 17.3. The lowest BCUT2D eigenvalue weighted by Gasteiger charge is -2.14. The van der Waals surface area contributed by atoms with Crippen LogP contribution in [0, 0.1) is 0 Å². The summed E-state index contributed by atoms with van der Waals surface area (Å²) < 4.78 is 36.7. The molecule has 24 heavy (non-hydrogen) atoms. The average Bonchev–Trinajstić information content (AvgIpc) is 2.87. The minimum atomic E-state index is -3.02. The summed E-state index contributed by atoms with van der Waals surface area (Å²) in [5.74, 6) is 2.85. The fraction of sp³-hybridized carbons (Fsp3) is 0.500. The monoisotopic (exact) mass is 351 g/mol. The molecule has 2 aromatic rings. The molecule has 8 heteroatoms. The van der Waals surface area contributed by atoms with Gasteiger partial charge in [0, 0.05) is 18.5 Å². The number of aryl methyl sites for hydroxylation is 1. The topological polar surface area (TPSA) is 83.3 Å². The van der Waals surface area contributed by atoms with Crippen molar-refractivity contribution < 1.29 is 17.9 Å². The maximum absolute atomic E-state index is 11.8. The van der Waals surface area contributed by atoms with Gasteiger partial charge in [0.15, 0.2) is 27.2 Å². The van der Waals surface area contributed by atoms with Crippen molar-refractivity contribution in [2.75, 3.05) is 18.6 Å². The first-order chi connectivity index (χ1) is 11.4. The Bertz CT molecular complexity index is 843. The number of hydrogen-bond donors (Lipinski definition) is 0. The molecule has 3 rings (SSSR count). The van der Waals surface area contributed by atoms with Gasteiger partial charge in [-0.3, -0.25) is 0 Å². The molecule has 0 spiro atoms. The van der Waals surface area contributed by atoms with Crippen LogP contribution < -0.4 is 9.47 Å². The fourth-order valence-corrected chi connectivity index (χ4v) is 3.86. The average molecular weight is 351 g/mol. The summed E-state index contributed by atoms with van der Waals surface area (Å²) >= 11 is 0. The largest absolute Gasteiger partial charge is 0.493 e. The third kappa shape index (κ3) is 3.38. The molecule has 2 heterocycles. The van der Waals surface area contributed by atoms with E-state index in [1.807, 2.05) is 36.6 Å². The lowest BCUT2D eigenvalue weighted by atomic mass is 10.2. The lowest BCUT2D eigenvalue weighted by Crippen LogP contribution is -2.12. The first-order valence-electron chi connectivity index (χ1n) is 7.87. The summed E-state index contributed by atoms with van der Waals surface area (Å²) in [6.07, 6.45) is 0.431. The molecule has 0 radical (unpaired) electrons. The Morgan fingerprint density at radius 2 is 1.96 bits per heavy atom. The van der Waals surface area contributed by atoms with E-state index < -0.39 is 9.84 Å². The highest BCUT2D eigenvalue weighted by atomic mass is 32.2. The molecule has 0 fully saturated rings. The molecule has 1 aromatic heterocycles. The van der Waals surface area contributed by atoms with Crippen LogP contribution in [0.5, 0.6) is 11.5 Å². The molecule has 130 valence electrons. The standard InChI is InChI=1S/C16H21N3O4S/c1-11(2)23-13-5-4-12(10-14(13)22-3)16-18-17-15-6-8-24(20,21)9-7-19(15)16/h4-5,10-11H,6-9H2,1-3H3. The molecule has 0 aliphatic carbocycles. The maximum Gasteiger partial charge on any atom is 0.164 e. The van der Waals surface area contributed by atoms with Crippen LogP contribution in [-0.2, 0) is 22.8 Å². The third-order valence-electron chi connectivity index (χ3n) is 3.87. The predicted octanol–water partition coefficient (Wildman–Crippen LogP) is 1.71. The summed E-state index contributed by atoms with van der Waals surface area (Å²) in [4.78, 5) is 0. The van der Waals surface area contributed by atoms with Crippen molar-refractivity contribution in [2.45, 2.75) is 32.9 Å². The van der Waals surface area contributed by atoms with E-state index in [-0.39, 0.29) is 17.6 Å². The van der Waals surface area contributed by atoms with Gasteiger partial charge in [-0.05, 0) is 32.0 Å². The van der Waals surface area contributed by atoms with E-state index in [2.05, 4.69) is 10.2 Å². The van der Waals surface area contributed by atoms with Crippen LogP contribution in [0.2, 0.25) is 0 Å². The number of fused-ring (bicyclic) bond motifs is 1. The van der Waals surface area contributed by atoms with Crippen molar-refractivity contribution in [1.82, 2.24) is 14.8 Å². The SMILES string of the molecule is COc1cc(-c2nnc3n2CCS(=O)(=O)CC3)ccc1OC(C)C. The van der Waals surface area contributed by atoms with Crippen LogP contribution in [0.1, 0.15) is 19.7 Å². The van der Waals surface area contributed by atoms with Crippen LogP contribution in [0.4, 0.5) is 0 Å². The molecule has 1 aliphatic rings. The Hall–Kier alpha value is -2.09. The second kappa shape index (κ2) is 6.43. The van der Waals surface area contributed by atoms with Crippen molar-refractivity contribution in [2.24, 2.45) is 0 Å². The van der Waals surface area contributed by atoms with Crippen molar-refractivity contribution in [3.8, 4) is 22.9 Å². The van der Waals surface area contributed by atoms with Crippen LogP contribution in [0.25, 0.3) is 11.4 Å². The van der Waals surface area contributed by atoms with Gasteiger partial charge in [0.1, 0.15) is 5.82 Å². The molecule has 1 aliphatic heterocycles. The van der Waals surface area contributed by atoms with Crippen molar-refractivity contribution in [3.05, 3.63) is 24.0 Å². The van der Waals surface area contributed by atoms with Crippen molar-refractivity contribution >= 4 is 9.84 Å². The minimum absolute atomic E-state index is 0.0410. The van der Waals surface area contributed by atoms with E-state index in [0.717, 1.165) is 5.56 Å². The van der Waals surface area contributed by atoms with Gasteiger partial charge >= 0.3 is 0 Å². The fourth-order valence-electron chi connectivity index (χ4n) is 2.71. The molecule has 0 amide bonds. The highest BCUT2D eigenvalue weighted by Gasteiger charge is 2.23. The van der Waals surface area contributed by atoms with E-state index in [4.69, 9.17) is 9.47 Å². The molecule has 0 unspecified atom stereocenters. The number of sulfone groups is 1. The van der Waals surface area contributed by atoms with Gasteiger partial charge in [0.2, 0.25) is 0 Å². The van der Waals surface area contributed by atoms with Crippen molar-refractivity contribution in [1.29, 1.82) is 0 Å². The normalized spacial score (nSPS) is 16.5. The first kappa shape index (κ1) is 16.8. The molecule has 0 saturated carbocycles. The molecule has 7 nitrogen and oxygen atoms in total. The van der Waals surface area contributed by atoms with E-state index in [1.165, 1.54) is 0 Å². The third-order valence-corrected chi connectivity index (χ3v) is 5.51. The molecule has 0 saturated heterocycles. The molecule has 0 N–H and O–H groups in total. The van der Waals surface area contributed by atoms with Crippen LogP contribution in [0.15, 0.2) is 18.2 Å². The Kier molecular flexibility index (Phi) is 4.49. The van der Waals surface area contributed by atoms with E-state index >= 15 is 0 Å². The predicted molar refractivity (Wildman–Crippen MR) is 90.1 cm³/mol. The van der Waals surface area contributed by atoms with Gasteiger partial charge in [-0.1, -0.05) is 0 Å². The van der Waals surface area contributed by atoms with E-state index in [0.29, 0.717) is 36.1 Å². The van der Waals surface area contributed by atoms with Gasteiger partial charge in [0.05, 0.1) is 24.7 Å². The van der Waals surface area contributed by atoms with Crippen LogP contribution in [0.3, 0.4) is 0 Å². The van der Waals surface area contributed by atoms with Gasteiger partial charge in [-0.2, -0.15) is 0 Å². The molecule has 0 bridgehead atoms. The number of nitrogens with zero attached hydrogens (tertiary/aromatic N) is 3. The molecule has 1 aromatic carbocycles. The summed E-state index contributed by atoms with van der Waals surface area (Å²) in [7, 11) is -1.44. The van der Waals surface area contributed by atoms with Crippen LogP contribution >= 0.6 is 0 Å². The number of methoxy groups -OCH3 is 1. The van der Waals surface area contributed by atoms with Gasteiger partial charge in [-0.15, -0.1) is 10.2 Å². The second-order valence-electron chi connectivity index (χ2n) is 6.03. The van der Waals surface area contributed by atoms with Gasteiger partial charge < -0.3 is 14.0 Å². The number of ether oxygens (including phenoxy) is 2. The number of aromatic nitrogens is 3. The minimum Gasteiger partial charge on any atom is -0.493 e. The highest BCUT2D eigenvalue weighted by molar-refractivity contribution is 7.91.